The van der Waals surface area contributed by atoms with E-state index in [1.54, 1.807) is 12.3 Å². The number of nitrogens with zero attached hydrogens (tertiary/aromatic N) is 3. The minimum atomic E-state index is -0.114. The van der Waals surface area contributed by atoms with E-state index in [0.717, 1.165) is 30.8 Å². The van der Waals surface area contributed by atoms with Crippen LogP contribution >= 0.6 is 0 Å². The highest BCUT2D eigenvalue weighted by Crippen LogP contribution is 2.65. The van der Waals surface area contributed by atoms with Crippen molar-refractivity contribution in [2.24, 2.45) is 16.7 Å². The van der Waals surface area contributed by atoms with Crippen molar-refractivity contribution in [2.75, 3.05) is 30.8 Å². The Bertz CT molecular complexity index is 1070. The van der Waals surface area contributed by atoms with E-state index in [2.05, 4.69) is 70.8 Å². The van der Waals surface area contributed by atoms with Gasteiger partial charge in [0.1, 0.15) is 5.69 Å². The third kappa shape index (κ3) is 4.63. The van der Waals surface area contributed by atoms with Crippen LogP contribution in [0, 0.1) is 16.7 Å². The Morgan fingerprint density at radius 3 is 2.71 bits per heavy atom. The molecule has 2 aliphatic carbocycles. The van der Waals surface area contributed by atoms with Gasteiger partial charge in [-0.1, -0.05) is 26.8 Å². The first-order valence-corrected chi connectivity index (χ1v) is 13.2. The van der Waals surface area contributed by atoms with E-state index < -0.39 is 0 Å². The van der Waals surface area contributed by atoms with Crippen molar-refractivity contribution in [3.05, 3.63) is 42.2 Å². The number of likely N-dealkylation sites (tertiary alicyclic amines) is 1. The zero-order chi connectivity index (χ0) is 24.6. The molecule has 1 amide bonds. The van der Waals surface area contributed by atoms with Crippen molar-refractivity contribution >= 4 is 23.2 Å². The Labute approximate surface area is 209 Å². The summed E-state index contributed by atoms with van der Waals surface area (Å²) < 4.78 is 0. The maximum atomic E-state index is 13.1. The third-order valence-corrected chi connectivity index (χ3v) is 9.58. The number of aromatic nitrogens is 2. The Morgan fingerprint density at radius 1 is 1.17 bits per heavy atom. The van der Waals surface area contributed by atoms with Gasteiger partial charge < -0.3 is 20.9 Å². The molecule has 1 aliphatic heterocycles. The Balaban J connectivity index is 1.19. The molecule has 7 heteroatoms. The molecule has 2 saturated carbocycles. The summed E-state index contributed by atoms with van der Waals surface area (Å²) in [4.78, 5) is 24.4. The normalized spacial score (nSPS) is 29.3. The number of benzene rings is 1. The molecular weight excluding hydrogens is 436 g/mol. The maximum Gasteiger partial charge on any atom is 0.270 e. The molecule has 188 valence electrons. The summed E-state index contributed by atoms with van der Waals surface area (Å²) in [5.41, 5.74) is 2.77. The predicted octanol–water partition coefficient (Wildman–Crippen LogP) is 5.06. The van der Waals surface area contributed by atoms with Crippen molar-refractivity contribution in [1.29, 1.82) is 0 Å². The fraction of sp³-hybridized carbons (Fsp3) is 0.607. The number of hydrogen-bond acceptors (Lipinski definition) is 6. The van der Waals surface area contributed by atoms with Gasteiger partial charge >= 0.3 is 0 Å². The first-order chi connectivity index (χ1) is 16.8. The second-order valence-corrected chi connectivity index (χ2v) is 11.6. The van der Waals surface area contributed by atoms with Crippen molar-refractivity contribution in [3.63, 3.8) is 0 Å². The number of carbonyl (C=O) groups is 1. The first kappa shape index (κ1) is 24.0. The maximum absolute atomic E-state index is 13.1. The summed E-state index contributed by atoms with van der Waals surface area (Å²) in [6, 6.07) is 10.7. The molecule has 4 atom stereocenters. The van der Waals surface area contributed by atoms with Crippen LogP contribution in [-0.4, -0.2) is 53.0 Å². The lowest BCUT2D eigenvalue weighted by Crippen LogP contribution is -2.47. The number of carbonyl (C=O) groups excluding carboxylic acids is 1. The van der Waals surface area contributed by atoms with E-state index >= 15 is 0 Å². The highest BCUT2D eigenvalue weighted by atomic mass is 16.2. The van der Waals surface area contributed by atoms with E-state index in [-0.39, 0.29) is 22.8 Å². The fourth-order valence-electron chi connectivity index (χ4n) is 6.76. The van der Waals surface area contributed by atoms with E-state index in [4.69, 9.17) is 0 Å². The third-order valence-electron chi connectivity index (χ3n) is 9.58. The standard InChI is InChI=1S/C28H40N6O/c1-27(2)19-10-13-28(27,3)24(17-19)33-25(35)23-12-15-30-26(32-23)31-21-8-5-7-20(18-21)29-14-11-22-9-6-16-34(22)4/h5,7-8,12,15,18-19,22,24,29H,6,9-11,13-14,16-17H2,1-4H3,(H,33,35)(H,30,31,32). The van der Waals surface area contributed by atoms with E-state index in [9.17, 15) is 4.79 Å². The quantitative estimate of drug-likeness (QED) is 0.494. The summed E-state index contributed by atoms with van der Waals surface area (Å²) in [7, 11) is 2.22. The second kappa shape index (κ2) is 9.41. The molecule has 2 bridgehead atoms. The SMILES string of the molecule is CN1CCCC1CCNc1cccc(Nc2nccc(C(=O)NC3CC4CCC3(C)C4(C)C)n2)c1. The van der Waals surface area contributed by atoms with Crippen molar-refractivity contribution in [2.45, 2.75) is 71.4 Å². The van der Waals surface area contributed by atoms with Gasteiger partial charge in [0.15, 0.2) is 0 Å². The summed E-state index contributed by atoms with van der Waals surface area (Å²) >= 11 is 0. The van der Waals surface area contributed by atoms with Gasteiger partial charge in [-0.25, -0.2) is 9.97 Å². The van der Waals surface area contributed by atoms with Gasteiger partial charge in [-0.15, -0.1) is 0 Å². The molecule has 5 rings (SSSR count). The number of fused-ring (bicyclic) bond motifs is 2. The van der Waals surface area contributed by atoms with Crippen molar-refractivity contribution in [1.82, 2.24) is 20.2 Å². The average Bonchev–Trinajstić information content (AvgIpc) is 3.40. The number of amides is 1. The molecule has 3 fully saturated rings. The van der Waals surface area contributed by atoms with Crippen LogP contribution in [0.4, 0.5) is 17.3 Å². The van der Waals surface area contributed by atoms with Gasteiger partial charge in [0.2, 0.25) is 5.95 Å². The van der Waals surface area contributed by atoms with Crippen LogP contribution in [0.1, 0.15) is 69.8 Å². The highest BCUT2D eigenvalue weighted by molar-refractivity contribution is 5.92. The zero-order valence-electron chi connectivity index (χ0n) is 21.6. The average molecular weight is 477 g/mol. The van der Waals surface area contributed by atoms with Gasteiger partial charge in [0.05, 0.1) is 0 Å². The molecule has 1 saturated heterocycles. The smallest absolute Gasteiger partial charge is 0.270 e. The van der Waals surface area contributed by atoms with Crippen LogP contribution in [0.3, 0.4) is 0 Å². The number of nitrogens with one attached hydrogen (secondary N) is 3. The molecule has 3 aliphatic rings. The Kier molecular flexibility index (Phi) is 6.47. The molecule has 35 heavy (non-hydrogen) atoms. The van der Waals surface area contributed by atoms with Gasteiger partial charge in [0.25, 0.3) is 5.91 Å². The zero-order valence-corrected chi connectivity index (χ0v) is 21.6. The summed E-state index contributed by atoms with van der Waals surface area (Å²) in [5, 5.41) is 10.1. The lowest BCUT2D eigenvalue weighted by molar-refractivity contribution is 0.0821. The molecule has 1 aromatic carbocycles. The topological polar surface area (TPSA) is 82.2 Å². The summed E-state index contributed by atoms with van der Waals surface area (Å²) in [6.07, 6.45) is 8.89. The van der Waals surface area contributed by atoms with Gasteiger partial charge in [-0.3, -0.25) is 4.79 Å². The molecular formula is C28H40N6O. The predicted molar refractivity (Wildman–Crippen MR) is 141 cm³/mol. The van der Waals surface area contributed by atoms with Crippen LogP contribution in [0.15, 0.2) is 36.5 Å². The van der Waals surface area contributed by atoms with E-state index in [0.29, 0.717) is 23.6 Å². The van der Waals surface area contributed by atoms with Crippen molar-refractivity contribution < 1.29 is 4.79 Å². The van der Waals surface area contributed by atoms with Gasteiger partial charge in [-0.2, -0.15) is 0 Å². The number of anilines is 3. The fourth-order valence-corrected chi connectivity index (χ4v) is 6.76. The minimum Gasteiger partial charge on any atom is -0.385 e. The Morgan fingerprint density at radius 2 is 2.00 bits per heavy atom. The van der Waals surface area contributed by atoms with E-state index in [1.165, 1.54) is 32.2 Å². The largest absolute Gasteiger partial charge is 0.385 e. The molecule has 2 aromatic rings. The second-order valence-electron chi connectivity index (χ2n) is 11.6. The van der Waals surface area contributed by atoms with Crippen LogP contribution < -0.4 is 16.0 Å². The number of hydrogen-bond donors (Lipinski definition) is 3. The lowest BCUT2D eigenvalue weighted by Gasteiger charge is -2.39. The minimum absolute atomic E-state index is 0.114. The molecule has 4 unspecified atom stereocenters. The Hall–Kier alpha value is -2.67. The summed E-state index contributed by atoms with van der Waals surface area (Å²) in [6.45, 7) is 9.21. The highest BCUT2D eigenvalue weighted by Gasteiger charge is 2.61. The molecule has 2 heterocycles. The molecule has 0 radical (unpaired) electrons. The monoisotopic (exact) mass is 476 g/mol. The number of rotatable bonds is 8. The first-order valence-electron chi connectivity index (χ1n) is 13.2. The van der Waals surface area contributed by atoms with Crippen LogP contribution in [0.5, 0.6) is 0 Å². The van der Waals surface area contributed by atoms with Crippen LogP contribution in [0.2, 0.25) is 0 Å². The van der Waals surface area contributed by atoms with Crippen LogP contribution in [0.25, 0.3) is 0 Å². The van der Waals surface area contributed by atoms with Crippen LogP contribution in [-0.2, 0) is 0 Å². The molecule has 0 spiro atoms. The molecule has 1 aromatic heterocycles. The summed E-state index contributed by atoms with van der Waals surface area (Å²) in [5.74, 6) is 1.000. The van der Waals surface area contributed by atoms with Gasteiger partial charge in [0, 0.05) is 36.2 Å². The van der Waals surface area contributed by atoms with Crippen molar-refractivity contribution in [3.8, 4) is 0 Å². The molecule has 7 nitrogen and oxygen atoms in total. The lowest BCUT2D eigenvalue weighted by atomic mass is 9.69. The van der Waals surface area contributed by atoms with Gasteiger partial charge in [-0.05, 0) is 93.1 Å². The molecule has 3 N–H and O–H groups in total. The van der Waals surface area contributed by atoms with E-state index in [1.807, 2.05) is 12.1 Å².